The van der Waals surface area contributed by atoms with Crippen molar-refractivity contribution in [1.29, 1.82) is 0 Å². The smallest absolute Gasteiger partial charge is 0.329 e. The topological polar surface area (TPSA) is 145 Å². The maximum absolute atomic E-state index is 13.2. The Labute approximate surface area is 204 Å². The number of nitrogen functional groups attached to an aromatic ring is 1. The zero-order chi connectivity index (χ0) is 25.1. The van der Waals surface area contributed by atoms with Crippen LogP contribution >= 0.6 is 0 Å². The Balaban J connectivity index is 1.41. The fraction of sp³-hybridized carbons (Fsp3) is 0.0385. The van der Waals surface area contributed by atoms with E-state index in [-0.39, 0.29) is 23.8 Å². The van der Waals surface area contributed by atoms with Gasteiger partial charge >= 0.3 is 11.7 Å². The molecule has 0 unspecified atom stereocenters. The van der Waals surface area contributed by atoms with Gasteiger partial charge in [-0.15, -0.1) is 0 Å². The quantitative estimate of drug-likeness (QED) is 0.317. The summed E-state index contributed by atoms with van der Waals surface area (Å²) in [4.78, 5) is 49.2. The van der Waals surface area contributed by atoms with Crippen LogP contribution < -0.4 is 27.0 Å². The fourth-order valence-electron chi connectivity index (χ4n) is 3.65. The molecule has 0 aliphatic rings. The number of ether oxygens (including phenoxy) is 1. The van der Waals surface area contributed by atoms with Gasteiger partial charge in [0.25, 0.3) is 11.5 Å². The van der Waals surface area contributed by atoms with Crippen molar-refractivity contribution in [3.63, 3.8) is 0 Å². The van der Waals surface area contributed by atoms with Gasteiger partial charge in [0.05, 0.1) is 17.4 Å². The summed E-state index contributed by atoms with van der Waals surface area (Å²) in [5.74, 6) is 0.0552. The highest BCUT2D eigenvalue weighted by molar-refractivity contribution is 6.04. The van der Waals surface area contributed by atoms with Gasteiger partial charge in [0.1, 0.15) is 5.75 Å². The number of anilines is 2. The lowest BCUT2D eigenvalue weighted by Crippen LogP contribution is -2.35. The number of carbonyl (C=O) groups is 1. The van der Waals surface area contributed by atoms with Gasteiger partial charge in [-0.05, 0) is 66.2 Å². The first kappa shape index (κ1) is 22.5. The lowest BCUT2D eigenvalue weighted by molar-refractivity contribution is 0.102. The molecular weight excluding hydrogens is 460 g/mol. The van der Waals surface area contributed by atoms with Gasteiger partial charge in [-0.3, -0.25) is 14.2 Å². The average molecular weight is 480 g/mol. The molecule has 0 bridgehead atoms. The second-order valence-electron chi connectivity index (χ2n) is 7.94. The Kier molecular flexibility index (Phi) is 5.98. The minimum absolute atomic E-state index is 0.00255. The Morgan fingerprint density at radius 1 is 0.972 bits per heavy atom. The number of H-pyrrole nitrogens is 1. The van der Waals surface area contributed by atoms with E-state index < -0.39 is 11.2 Å². The molecule has 10 nitrogen and oxygen atoms in total. The number of nitrogens with two attached hydrogens (primary N) is 1. The first-order valence-corrected chi connectivity index (χ1v) is 10.9. The lowest BCUT2D eigenvalue weighted by atomic mass is 10.1. The van der Waals surface area contributed by atoms with Gasteiger partial charge in [-0.1, -0.05) is 12.1 Å². The highest BCUT2D eigenvalue weighted by Gasteiger charge is 2.12. The van der Waals surface area contributed by atoms with Crippen LogP contribution in [0.15, 0.2) is 94.8 Å². The zero-order valence-corrected chi connectivity index (χ0v) is 18.8. The SMILES string of the molecule is Nc1ccc(C(=O)Nc2cccc(Cn3c(=O)[nH]c4ccc(Oc5ncccn5)cc4c3=O)c2)cc1. The number of amides is 1. The Hall–Kier alpha value is -5.25. The first-order chi connectivity index (χ1) is 17.5. The molecule has 178 valence electrons. The van der Waals surface area contributed by atoms with Gasteiger partial charge in [-0.2, -0.15) is 0 Å². The molecule has 3 aromatic carbocycles. The minimum atomic E-state index is -0.552. The van der Waals surface area contributed by atoms with Crippen molar-refractivity contribution in [3.05, 3.63) is 117 Å². The number of rotatable bonds is 6. The minimum Gasteiger partial charge on any atom is -0.424 e. The maximum atomic E-state index is 13.2. The molecule has 2 aromatic heterocycles. The van der Waals surface area contributed by atoms with Crippen LogP contribution in [-0.4, -0.2) is 25.4 Å². The van der Waals surface area contributed by atoms with E-state index in [1.807, 2.05) is 0 Å². The van der Waals surface area contributed by atoms with Crippen molar-refractivity contribution in [1.82, 2.24) is 19.5 Å². The predicted octanol–water partition coefficient (Wildman–Crippen LogP) is 3.15. The molecule has 10 heteroatoms. The molecule has 0 fully saturated rings. The third-order valence-corrected chi connectivity index (χ3v) is 5.40. The third kappa shape index (κ3) is 4.82. The van der Waals surface area contributed by atoms with E-state index >= 15 is 0 Å². The van der Waals surface area contributed by atoms with E-state index in [1.54, 1.807) is 79.1 Å². The Morgan fingerprint density at radius 2 is 1.75 bits per heavy atom. The number of aromatic amines is 1. The molecule has 0 saturated heterocycles. The fourth-order valence-corrected chi connectivity index (χ4v) is 3.65. The van der Waals surface area contributed by atoms with Crippen LogP contribution in [0.5, 0.6) is 11.8 Å². The van der Waals surface area contributed by atoms with Crippen LogP contribution in [-0.2, 0) is 6.54 Å². The van der Waals surface area contributed by atoms with E-state index in [0.29, 0.717) is 33.8 Å². The van der Waals surface area contributed by atoms with Gasteiger partial charge in [0, 0.05) is 29.3 Å². The maximum Gasteiger partial charge on any atom is 0.329 e. The summed E-state index contributed by atoms with van der Waals surface area (Å²) in [5.41, 5.74) is 7.22. The summed E-state index contributed by atoms with van der Waals surface area (Å²) in [5, 5.41) is 3.09. The van der Waals surface area contributed by atoms with E-state index in [2.05, 4.69) is 20.3 Å². The monoisotopic (exact) mass is 480 g/mol. The van der Waals surface area contributed by atoms with E-state index in [0.717, 1.165) is 4.57 Å². The van der Waals surface area contributed by atoms with Gasteiger partial charge in [0.2, 0.25) is 0 Å². The molecule has 0 saturated carbocycles. The molecule has 0 aliphatic heterocycles. The Morgan fingerprint density at radius 3 is 2.53 bits per heavy atom. The molecule has 0 atom stereocenters. The van der Waals surface area contributed by atoms with E-state index in [4.69, 9.17) is 10.5 Å². The van der Waals surface area contributed by atoms with Crippen LogP contribution in [0, 0.1) is 0 Å². The zero-order valence-electron chi connectivity index (χ0n) is 18.8. The molecule has 0 radical (unpaired) electrons. The number of nitrogens with zero attached hydrogens (tertiary/aromatic N) is 3. The van der Waals surface area contributed by atoms with Crippen molar-refractivity contribution in [2.24, 2.45) is 0 Å². The van der Waals surface area contributed by atoms with Crippen LogP contribution in [0.2, 0.25) is 0 Å². The number of nitrogens with one attached hydrogen (secondary N) is 2. The average Bonchev–Trinajstić information content (AvgIpc) is 2.88. The van der Waals surface area contributed by atoms with Crippen LogP contribution in [0.3, 0.4) is 0 Å². The van der Waals surface area contributed by atoms with Crippen molar-refractivity contribution in [3.8, 4) is 11.8 Å². The summed E-state index contributed by atoms with van der Waals surface area (Å²) in [6, 6.07) is 20.0. The summed E-state index contributed by atoms with van der Waals surface area (Å²) in [6.07, 6.45) is 3.08. The van der Waals surface area contributed by atoms with Crippen molar-refractivity contribution in [2.75, 3.05) is 11.1 Å². The molecule has 5 aromatic rings. The molecule has 2 heterocycles. The van der Waals surface area contributed by atoms with Gasteiger partial charge < -0.3 is 20.8 Å². The van der Waals surface area contributed by atoms with E-state index in [9.17, 15) is 14.4 Å². The number of fused-ring (bicyclic) bond motifs is 1. The molecule has 0 aliphatic carbocycles. The summed E-state index contributed by atoms with van der Waals surface area (Å²) in [7, 11) is 0. The number of hydrogen-bond donors (Lipinski definition) is 3. The Bertz CT molecular complexity index is 1680. The lowest BCUT2D eigenvalue weighted by Gasteiger charge is -2.10. The largest absolute Gasteiger partial charge is 0.424 e. The molecule has 1 amide bonds. The molecule has 36 heavy (non-hydrogen) atoms. The van der Waals surface area contributed by atoms with Crippen LogP contribution in [0.25, 0.3) is 10.9 Å². The number of benzene rings is 3. The number of hydrogen-bond acceptors (Lipinski definition) is 7. The predicted molar refractivity (Wildman–Crippen MR) is 135 cm³/mol. The normalized spacial score (nSPS) is 10.8. The second kappa shape index (κ2) is 9.55. The molecular formula is C26H20N6O4. The molecule has 5 rings (SSSR count). The van der Waals surface area contributed by atoms with Gasteiger partial charge in [0.15, 0.2) is 0 Å². The number of aromatic nitrogens is 4. The summed E-state index contributed by atoms with van der Waals surface area (Å²) in [6.45, 7) is 0.00255. The molecule has 0 spiro atoms. The first-order valence-electron chi connectivity index (χ1n) is 10.9. The highest BCUT2D eigenvalue weighted by Crippen LogP contribution is 2.20. The standard InChI is InChI=1S/C26H20N6O4/c27-18-7-5-17(6-8-18)23(33)30-19-4-1-3-16(13-19)15-32-24(34)21-14-20(9-10-22(21)31-26(32)35)36-25-28-11-2-12-29-25/h1-14H,15,27H2,(H,30,33)(H,31,35). The number of carbonyl (C=O) groups excluding carboxylic acids is 1. The van der Waals surface area contributed by atoms with Crippen LogP contribution in [0.1, 0.15) is 15.9 Å². The summed E-state index contributed by atoms with van der Waals surface area (Å²) >= 11 is 0. The van der Waals surface area contributed by atoms with Gasteiger partial charge in [-0.25, -0.2) is 14.8 Å². The van der Waals surface area contributed by atoms with Crippen molar-refractivity contribution >= 4 is 28.2 Å². The van der Waals surface area contributed by atoms with Crippen molar-refractivity contribution < 1.29 is 9.53 Å². The molecule has 4 N–H and O–H groups in total. The highest BCUT2D eigenvalue weighted by atomic mass is 16.5. The van der Waals surface area contributed by atoms with Crippen molar-refractivity contribution in [2.45, 2.75) is 6.54 Å². The van der Waals surface area contributed by atoms with Crippen LogP contribution in [0.4, 0.5) is 11.4 Å². The second-order valence-corrected chi connectivity index (χ2v) is 7.94. The third-order valence-electron chi connectivity index (χ3n) is 5.40. The summed E-state index contributed by atoms with van der Waals surface area (Å²) < 4.78 is 6.71. The van der Waals surface area contributed by atoms with E-state index in [1.165, 1.54) is 6.07 Å².